The molecule has 0 rings (SSSR count). The fourth-order valence-electron chi connectivity index (χ4n) is 0.578. The Bertz CT molecular complexity index is 219. The molecule has 0 fully saturated rings. The second-order valence-corrected chi connectivity index (χ2v) is 3.28. The zero-order valence-corrected chi connectivity index (χ0v) is 8.32. The molecule has 0 bridgehead atoms. The quantitative estimate of drug-likeness (QED) is 0.558. The van der Waals surface area contributed by atoms with Gasteiger partial charge in [0.15, 0.2) is 0 Å². The van der Waals surface area contributed by atoms with Crippen LogP contribution in [0.4, 0.5) is 4.39 Å². The van der Waals surface area contributed by atoms with Crippen molar-refractivity contribution in [2.24, 2.45) is 5.92 Å². The van der Waals surface area contributed by atoms with Gasteiger partial charge < -0.3 is 0 Å². The third kappa shape index (κ3) is 3.51. The SMILES string of the molecule is C=C/C(C)=C(F)\C=C(/C)C(C)C. The van der Waals surface area contributed by atoms with Gasteiger partial charge in [-0.1, -0.05) is 32.1 Å². The number of hydrogen-bond acceptors (Lipinski definition) is 0. The highest BCUT2D eigenvalue weighted by molar-refractivity contribution is 5.28. The van der Waals surface area contributed by atoms with Crippen molar-refractivity contribution in [2.75, 3.05) is 0 Å². The molecule has 0 aliphatic carbocycles. The number of allylic oxidation sites excluding steroid dienone is 5. The molecular weight excluding hydrogens is 151 g/mol. The monoisotopic (exact) mass is 168 g/mol. The van der Waals surface area contributed by atoms with Crippen molar-refractivity contribution in [3.63, 3.8) is 0 Å². The van der Waals surface area contributed by atoms with Crippen LogP contribution < -0.4 is 0 Å². The van der Waals surface area contributed by atoms with Crippen molar-refractivity contribution in [3.05, 3.63) is 35.7 Å². The van der Waals surface area contributed by atoms with E-state index < -0.39 is 0 Å². The molecule has 0 atom stereocenters. The average molecular weight is 168 g/mol. The molecule has 0 spiro atoms. The van der Waals surface area contributed by atoms with Crippen molar-refractivity contribution in [2.45, 2.75) is 27.7 Å². The minimum atomic E-state index is -0.184. The minimum absolute atomic E-state index is 0.184. The first-order valence-electron chi connectivity index (χ1n) is 4.16. The topological polar surface area (TPSA) is 0 Å². The lowest BCUT2D eigenvalue weighted by atomic mass is 10.0. The van der Waals surface area contributed by atoms with Gasteiger partial charge in [-0.2, -0.15) is 0 Å². The Morgan fingerprint density at radius 3 is 2.17 bits per heavy atom. The summed E-state index contributed by atoms with van der Waals surface area (Å²) in [6.45, 7) is 11.2. The van der Waals surface area contributed by atoms with Crippen LogP contribution in [0.5, 0.6) is 0 Å². The summed E-state index contributed by atoms with van der Waals surface area (Å²) in [5.41, 5.74) is 1.64. The molecule has 0 radical (unpaired) electrons. The van der Waals surface area contributed by atoms with E-state index in [-0.39, 0.29) is 5.83 Å². The number of halogens is 1. The second kappa shape index (κ2) is 4.91. The summed E-state index contributed by atoms with van der Waals surface area (Å²) < 4.78 is 13.1. The molecule has 0 saturated carbocycles. The van der Waals surface area contributed by atoms with E-state index >= 15 is 0 Å². The average Bonchev–Trinajstić information content (AvgIpc) is 2.02. The maximum Gasteiger partial charge on any atom is 0.126 e. The minimum Gasteiger partial charge on any atom is -0.207 e. The zero-order chi connectivity index (χ0) is 9.72. The van der Waals surface area contributed by atoms with Gasteiger partial charge in [0.05, 0.1) is 0 Å². The van der Waals surface area contributed by atoms with Crippen LogP contribution in [0, 0.1) is 5.92 Å². The van der Waals surface area contributed by atoms with E-state index in [1.807, 2.05) is 20.8 Å². The summed E-state index contributed by atoms with van der Waals surface area (Å²) >= 11 is 0. The maximum absolute atomic E-state index is 13.1. The molecule has 0 N–H and O–H groups in total. The van der Waals surface area contributed by atoms with Crippen molar-refractivity contribution >= 4 is 0 Å². The van der Waals surface area contributed by atoms with E-state index in [1.165, 1.54) is 6.08 Å². The van der Waals surface area contributed by atoms with Gasteiger partial charge in [0.2, 0.25) is 0 Å². The lowest BCUT2D eigenvalue weighted by Gasteiger charge is -2.03. The van der Waals surface area contributed by atoms with Crippen molar-refractivity contribution in [3.8, 4) is 0 Å². The Morgan fingerprint density at radius 1 is 1.33 bits per heavy atom. The summed E-state index contributed by atoms with van der Waals surface area (Å²) in [5, 5.41) is 0. The largest absolute Gasteiger partial charge is 0.207 e. The third-order valence-electron chi connectivity index (χ3n) is 1.95. The highest BCUT2D eigenvalue weighted by atomic mass is 19.1. The standard InChI is InChI=1S/C11H17F/c1-6-9(4)11(12)7-10(5)8(2)3/h6-8H,1H2,2-5H3/b10-7+,11-9+. The Balaban J connectivity index is 4.64. The first-order chi connectivity index (χ1) is 5.49. The predicted octanol–water partition coefficient (Wildman–Crippen LogP) is 4.02. The highest BCUT2D eigenvalue weighted by Crippen LogP contribution is 2.15. The smallest absolute Gasteiger partial charge is 0.126 e. The van der Waals surface area contributed by atoms with E-state index in [0.717, 1.165) is 5.57 Å². The van der Waals surface area contributed by atoms with E-state index in [0.29, 0.717) is 11.5 Å². The molecule has 0 heterocycles. The Kier molecular flexibility index (Phi) is 4.57. The van der Waals surface area contributed by atoms with Crippen LogP contribution in [0.3, 0.4) is 0 Å². The maximum atomic E-state index is 13.1. The van der Waals surface area contributed by atoms with E-state index in [9.17, 15) is 4.39 Å². The van der Waals surface area contributed by atoms with Crippen LogP contribution in [-0.2, 0) is 0 Å². The van der Waals surface area contributed by atoms with Crippen molar-refractivity contribution < 1.29 is 4.39 Å². The van der Waals surface area contributed by atoms with Gasteiger partial charge in [-0.05, 0) is 31.4 Å². The highest BCUT2D eigenvalue weighted by Gasteiger charge is 1.99. The van der Waals surface area contributed by atoms with Crippen LogP contribution in [0.25, 0.3) is 0 Å². The van der Waals surface area contributed by atoms with Crippen molar-refractivity contribution in [1.82, 2.24) is 0 Å². The predicted molar refractivity (Wildman–Crippen MR) is 52.6 cm³/mol. The lowest BCUT2D eigenvalue weighted by Crippen LogP contribution is -1.89. The molecule has 1 heteroatoms. The molecule has 68 valence electrons. The summed E-state index contributed by atoms with van der Waals surface area (Å²) in [7, 11) is 0. The van der Waals surface area contributed by atoms with Crippen LogP contribution in [0.15, 0.2) is 35.7 Å². The summed E-state index contributed by atoms with van der Waals surface area (Å²) in [6.07, 6.45) is 3.10. The second-order valence-electron chi connectivity index (χ2n) is 3.28. The van der Waals surface area contributed by atoms with Gasteiger partial charge in [-0.15, -0.1) is 0 Å². The third-order valence-corrected chi connectivity index (χ3v) is 1.95. The first kappa shape index (κ1) is 11.2. The fourth-order valence-corrected chi connectivity index (χ4v) is 0.578. The first-order valence-corrected chi connectivity index (χ1v) is 4.16. The Hall–Kier alpha value is -0.850. The molecular formula is C11H17F. The van der Waals surface area contributed by atoms with Crippen LogP contribution >= 0.6 is 0 Å². The van der Waals surface area contributed by atoms with Gasteiger partial charge in [-0.3, -0.25) is 0 Å². The lowest BCUT2D eigenvalue weighted by molar-refractivity contribution is 0.649. The van der Waals surface area contributed by atoms with Gasteiger partial charge >= 0.3 is 0 Å². The molecule has 0 aromatic carbocycles. The van der Waals surface area contributed by atoms with E-state index in [1.54, 1.807) is 13.0 Å². The van der Waals surface area contributed by atoms with E-state index in [2.05, 4.69) is 6.58 Å². The molecule has 0 aliphatic heterocycles. The summed E-state index contributed by atoms with van der Waals surface area (Å²) in [6, 6.07) is 0. The van der Waals surface area contributed by atoms with Gasteiger partial charge in [-0.25, -0.2) is 4.39 Å². The molecule has 0 aliphatic rings. The molecule has 0 saturated heterocycles. The van der Waals surface area contributed by atoms with Crippen LogP contribution in [-0.4, -0.2) is 0 Å². The molecule has 12 heavy (non-hydrogen) atoms. The normalized spacial score (nSPS) is 14.7. The van der Waals surface area contributed by atoms with Crippen LogP contribution in [0.2, 0.25) is 0 Å². The molecule has 0 amide bonds. The molecule has 0 nitrogen and oxygen atoms in total. The summed E-state index contributed by atoms with van der Waals surface area (Å²) in [4.78, 5) is 0. The van der Waals surface area contributed by atoms with Crippen molar-refractivity contribution in [1.29, 1.82) is 0 Å². The fraction of sp³-hybridized carbons (Fsp3) is 0.455. The summed E-state index contributed by atoms with van der Waals surface area (Å²) in [5.74, 6) is 0.213. The Morgan fingerprint density at radius 2 is 1.83 bits per heavy atom. The number of rotatable bonds is 3. The molecule has 0 aromatic rings. The van der Waals surface area contributed by atoms with Crippen LogP contribution in [0.1, 0.15) is 27.7 Å². The van der Waals surface area contributed by atoms with Gasteiger partial charge in [0, 0.05) is 0 Å². The van der Waals surface area contributed by atoms with E-state index in [4.69, 9.17) is 0 Å². The zero-order valence-electron chi connectivity index (χ0n) is 8.32. The molecule has 0 aromatic heterocycles. The Labute approximate surface area is 74.5 Å². The molecule has 0 unspecified atom stereocenters. The van der Waals surface area contributed by atoms with Gasteiger partial charge in [0.25, 0.3) is 0 Å². The number of hydrogen-bond donors (Lipinski definition) is 0. The van der Waals surface area contributed by atoms with Gasteiger partial charge in [0.1, 0.15) is 5.83 Å².